The first-order valence-corrected chi connectivity index (χ1v) is 10.4. The van der Waals surface area contributed by atoms with E-state index in [-0.39, 0.29) is 11.8 Å². The van der Waals surface area contributed by atoms with Gasteiger partial charge in [0.1, 0.15) is 17.5 Å². The van der Waals surface area contributed by atoms with Crippen LogP contribution in [-0.4, -0.2) is 34.3 Å². The summed E-state index contributed by atoms with van der Waals surface area (Å²) in [5, 5.41) is 2.91. The van der Waals surface area contributed by atoms with Crippen LogP contribution in [0.15, 0.2) is 77.5 Å². The predicted molar refractivity (Wildman–Crippen MR) is 118 cm³/mol. The lowest BCUT2D eigenvalue weighted by molar-refractivity contribution is -0.119. The van der Waals surface area contributed by atoms with Crippen molar-refractivity contribution in [1.29, 1.82) is 0 Å². The first kappa shape index (κ1) is 20.1. The van der Waals surface area contributed by atoms with Crippen LogP contribution in [0.5, 0.6) is 11.5 Å². The number of pyridine rings is 1. The number of carbonyl (C=O) groups is 2. The van der Waals surface area contributed by atoms with E-state index >= 15 is 0 Å². The highest BCUT2D eigenvalue weighted by molar-refractivity contribution is 9.10. The van der Waals surface area contributed by atoms with E-state index in [2.05, 4.69) is 26.2 Å². The molecule has 0 saturated carbocycles. The average Bonchev–Trinajstić information content (AvgIpc) is 3.26. The molecule has 2 heterocycles. The van der Waals surface area contributed by atoms with Gasteiger partial charge in [-0.15, -0.1) is 0 Å². The molecule has 1 aliphatic heterocycles. The monoisotopic (exact) mass is 465 g/mol. The summed E-state index contributed by atoms with van der Waals surface area (Å²) in [5.41, 5.74) is 1.24. The molecule has 4 rings (SSSR count). The number of aromatic nitrogens is 1. The van der Waals surface area contributed by atoms with Crippen molar-refractivity contribution in [2.75, 3.05) is 11.9 Å². The maximum absolute atomic E-state index is 12.9. The molecule has 0 spiro atoms. The number of nitrogens with one attached hydrogen (secondary N) is 1. The Morgan fingerprint density at radius 1 is 0.967 bits per heavy atom. The molecular weight excluding hydrogens is 446 g/mol. The summed E-state index contributed by atoms with van der Waals surface area (Å²) >= 11 is 3.37. The Hall–Kier alpha value is -3.19. The van der Waals surface area contributed by atoms with Crippen molar-refractivity contribution in [1.82, 2.24) is 9.88 Å². The lowest BCUT2D eigenvalue weighted by atomic mass is 10.1. The molecule has 1 unspecified atom stereocenters. The number of likely N-dealkylation sites (tertiary alicyclic amines) is 1. The molecule has 0 radical (unpaired) electrons. The molecule has 1 fully saturated rings. The third-order valence-electron chi connectivity index (χ3n) is 4.91. The van der Waals surface area contributed by atoms with Crippen LogP contribution < -0.4 is 10.1 Å². The summed E-state index contributed by atoms with van der Waals surface area (Å²) in [6.45, 7) is 0.575. The average molecular weight is 466 g/mol. The second-order valence-corrected chi connectivity index (χ2v) is 7.88. The summed E-state index contributed by atoms with van der Waals surface area (Å²) in [6.07, 6.45) is 4.77. The van der Waals surface area contributed by atoms with E-state index in [1.807, 2.05) is 12.1 Å². The number of anilines is 1. The largest absolute Gasteiger partial charge is 0.457 e. The minimum Gasteiger partial charge on any atom is -0.457 e. The van der Waals surface area contributed by atoms with Gasteiger partial charge in [0.25, 0.3) is 5.91 Å². The van der Waals surface area contributed by atoms with Gasteiger partial charge in [0.2, 0.25) is 5.91 Å². The summed E-state index contributed by atoms with van der Waals surface area (Å²) < 4.78 is 6.64. The first-order valence-electron chi connectivity index (χ1n) is 9.65. The fourth-order valence-electron chi connectivity index (χ4n) is 3.41. The third-order valence-corrected chi connectivity index (χ3v) is 5.44. The minimum absolute atomic E-state index is 0.124. The van der Waals surface area contributed by atoms with Crippen LogP contribution in [0, 0.1) is 0 Å². The van der Waals surface area contributed by atoms with Crippen molar-refractivity contribution in [2.24, 2.45) is 0 Å². The molecular formula is C23H20BrN3O3. The van der Waals surface area contributed by atoms with Crippen LogP contribution in [0.4, 0.5) is 5.69 Å². The van der Waals surface area contributed by atoms with E-state index in [1.165, 1.54) is 0 Å². The second-order valence-electron chi connectivity index (χ2n) is 6.96. The lowest BCUT2D eigenvalue weighted by Gasteiger charge is -2.24. The number of hydrogen-bond acceptors (Lipinski definition) is 4. The quantitative estimate of drug-likeness (QED) is 0.582. The normalized spacial score (nSPS) is 15.6. The topological polar surface area (TPSA) is 71.5 Å². The zero-order valence-electron chi connectivity index (χ0n) is 16.1. The smallest absolute Gasteiger partial charge is 0.254 e. The van der Waals surface area contributed by atoms with Crippen molar-refractivity contribution in [3.05, 3.63) is 83.1 Å². The molecule has 0 bridgehead atoms. The van der Waals surface area contributed by atoms with Gasteiger partial charge in [-0.2, -0.15) is 0 Å². The van der Waals surface area contributed by atoms with Crippen LogP contribution in [0.2, 0.25) is 0 Å². The van der Waals surface area contributed by atoms with E-state index in [1.54, 1.807) is 65.8 Å². The summed E-state index contributed by atoms with van der Waals surface area (Å²) in [6, 6.07) is 17.4. The van der Waals surface area contributed by atoms with E-state index in [9.17, 15) is 9.59 Å². The molecule has 2 amide bonds. The van der Waals surface area contributed by atoms with Gasteiger partial charge in [-0.3, -0.25) is 14.6 Å². The third kappa shape index (κ3) is 4.68. The lowest BCUT2D eigenvalue weighted by Crippen LogP contribution is -2.43. The molecule has 7 heteroatoms. The molecule has 1 aromatic heterocycles. The van der Waals surface area contributed by atoms with Gasteiger partial charge in [-0.1, -0.05) is 15.9 Å². The van der Waals surface area contributed by atoms with Crippen molar-refractivity contribution in [3.63, 3.8) is 0 Å². The fourth-order valence-corrected chi connectivity index (χ4v) is 3.68. The fraction of sp³-hybridized carbons (Fsp3) is 0.174. The van der Waals surface area contributed by atoms with Crippen molar-refractivity contribution >= 4 is 33.4 Å². The van der Waals surface area contributed by atoms with Gasteiger partial charge < -0.3 is 15.0 Å². The number of halogens is 1. The molecule has 1 N–H and O–H groups in total. The number of benzene rings is 2. The summed E-state index contributed by atoms with van der Waals surface area (Å²) in [7, 11) is 0. The highest BCUT2D eigenvalue weighted by Gasteiger charge is 2.34. The maximum atomic E-state index is 12.9. The summed E-state index contributed by atoms with van der Waals surface area (Å²) in [4.78, 5) is 31.3. The van der Waals surface area contributed by atoms with Gasteiger partial charge in [0, 0.05) is 34.7 Å². The molecule has 1 atom stereocenters. The predicted octanol–water partition coefficient (Wildman–Crippen LogP) is 4.88. The maximum Gasteiger partial charge on any atom is 0.254 e. The standard InChI is InChI=1S/C23H20BrN3O3/c24-17-5-3-16(4-6-17)23(29)27-15-1-2-21(27)22(28)26-18-7-9-19(10-8-18)30-20-11-13-25-14-12-20/h3-14,21H,1-2,15H2,(H,26,28). The van der Waals surface area contributed by atoms with Gasteiger partial charge in [-0.25, -0.2) is 0 Å². The van der Waals surface area contributed by atoms with Crippen LogP contribution >= 0.6 is 15.9 Å². The van der Waals surface area contributed by atoms with Gasteiger partial charge in [0.15, 0.2) is 0 Å². The Morgan fingerprint density at radius 2 is 1.63 bits per heavy atom. The van der Waals surface area contributed by atoms with Crippen LogP contribution in [0.3, 0.4) is 0 Å². The van der Waals surface area contributed by atoms with E-state index in [0.717, 1.165) is 10.9 Å². The van der Waals surface area contributed by atoms with Gasteiger partial charge >= 0.3 is 0 Å². The zero-order chi connectivity index (χ0) is 20.9. The van der Waals surface area contributed by atoms with Gasteiger partial charge in [0.05, 0.1) is 0 Å². The van der Waals surface area contributed by atoms with E-state index < -0.39 is 6.04 Å². The highest BCUT2D eigenvalue weighted by Crippen LogP contribution is 2.25. The highest BCUT2D eigenvalue weighted by atomic mass is 79.9. The molecule has 1 saturated heterocycles. The Kier molecular flexibility index (Phi) is 6.09. The van der Waals surface area contributed by atoms with E-state index in [0.29, 0.717) is 35.7 Å². The Labute approximate surface area is 183 Å². The second kappa shape index (κ2) is 9.09. The molecule has 152 valence electrons. The molecule has 30 heavy (non-hydrogen) atoms. The Morgan fingerprint density at radius 3 is 2.33 bits per heavy atom. The van der Waals surface area contributed by atoms with Crippen molar-refractivity contribution in [3.8, 4) is 11.5 Å². The summed E-state index contributed by atoms with van der Waals surface area (Å²) in [5.74, 6) is 1.05. The minimum atomic E-state index is -0.478. The van der Waals surface area contributed by atoms with Crippen LogP contribution in [0.25, 0.3) is 0 Å². The number of nitrogens with zero attached hydrogens (tertiary/aromatic N) is 2. The first-order chi connectivity index (χ1) is 14.6. The van der Waals surface area contributed by atoms with Gasteiger partial charge in [-0.05, 0) is 73.5 Å². The SMILES string of the molecule is O=C(Nc1ccc(Oc2ccncc2)cc1)C1CCCN1C(=O)c1ccc(Br)cc1. The number of rotatable bonds is 5. The molecule has 1 aliphatic rings. The van der Waals surface area contributed by atoms with Crippen LogP contribution in [-0.2, 0) is 4.79 Å². The van der Waals surface area contributed by atoms with E-state index in [4.69, 9.17) is 4.74 Å². The Bertz CT molecular complexity index is 1020. The number of carbonyl (C=O) groups excluding carboxylic acids is 2. The van der Waals surface area contributed by atoms with Crippen molar-refractivity contribution in [2.45, 2.75) is 18.9 Å². The molecule has 6 nitrogen and oxygen atoms in total. The molecule has 2 aromatic carbocycles. The zero-order valence-corrected chi connectivity index (χ0v) is 17.7. The molecule has 0 aliphatic carbocycles. The van der Waals surface area contributed by atoms with Crippen molar-refractivity contribution < 1.29 is 14.3 Å². The number of amides is 2. The number of hydrogen-bond donors (Lipinski definition) is 1. The number of ether oxygens (including phenoxy) is 1. The Balaban J connectivity index is 1.40. The molecule has 3 aromatic rings. The van der Waals surface area contributed by atoms with Crippen LogP contribution in [0.1, 0.15) is 23.2 Å².